The van der Waals surface area contributed by atoms with Gasteiger partial charge in [-0.25, -0.2) is 0 Å². The van der Waals surface area contributed by atoms with Crippen LogP contribution in [0.2, 0.25) is 0 Å². The van der Waals surface area contributed by atoms with Crippen LogP contribution < -0.4 is 10.2 Å². The molecular weight excluding hydrogens is 222 g/mol. The molecule has 0 aliphatic carbocycles. The van der Waals surface area contributed by atoms with E-state index in [1.165, 1.54) is 5.69 Å². The van der Waals surface area contributed by atoms with E-state index in [2.05, 4.69) is 62.0 Å². The molecule has 0 unspecified atom stereocenters. The maximum atomic E-state index is 4.42. The minimum atomic E-state index is 0.522. The van der Waals surface area contributed by atoms with Crippen LogP contribution in [0.15, 0.2) is 18.3 Å². The molecular formula is C15H27N3. The second-order valence-electron chi connectivity index (χ2n) is 5.41. The van der Waals surface area contributed by atoms with Crippen molar-refractivity contribution in [2.24, 2.45) is 5.92 Å². The Labute approximate surface area is 112 Å². The molecule has 1 N–H and O–H groups in total. The van der Waals surface area contributed by atoms with Crippen molar-refractivity contribution in [3.63, 3.8) is 0 Å². The lowest BCUT2D eigenvalue weighted by molar-refractivity contribution is 0.548. The predicted molar refractivity (Wildman–Crippen MR) is 78.9 cm³/mol. The molecule has 0 aliphatic rings. The van der Waals surface area contributed by atoms with Crippen molar-refractivity contribution in [3.05, 3.63) is 24.0 Å². The molecule has 3 heteroatoms. The molecule has 0 aromatic carbocycles. The first-order chi connectivity index (χ1) is 8.54. The van der Waals surface area contributed by atoms with Gasteiger partial charge < -0.3 is 10.2 Å². The number of nitrogens with zero attached hydrogens (tertiary/aromatic N) is 2. The van der Waals surface area contributed by atoms with Gasteiger partial charge in [0, 0.05) is 31.0 Å². The Bertz CT molecular complexity index is 347. The zero-order valence-corrected chi connectivity index (χ0v) is 12.4. The molecule has 0 saturated carbocycles. The third kappa shape index (κ3) is 4.65. The fraction of sp³-hybridized carbons (Fsp3) is 0.667. The quantitative estimate of drug-likeness (QED) is 0.805. The standard InChI is InChI=1S/C15H27N3/c1-6-18(13(4)5)15-7-8-17-14(9-15)11-16-10-12(2)3/h7-9,12-13,16H,6,10-11H2,1-5H3. The maximum Gasteiger partial charge on any atom is 0.0562 e. The van der Waals surface area contributed by atoms with Gasteiger partial charge >= 0.3 is 0 Å². The van der Waals surface area contributed by atoms with Crippen LogP contribution in [0, 0.1) is 5.92 Å². The Morgan fingerprint density at radius 1 is 1.28 bits per heavy atom. The molecule has 1 aromatic rings. The van der Waals surface area contributed by atoms with E-state index >= 15 is 0 Å². The lowest BCUT2D eigenvalue weighted by Gasteiger charge is -2.27. The Kier molecular flexibility index (Phi) is 6.13. The summed E-state index contributed by atoms with van der Waals surface area (Å²) in [6, 6.07) is 4.81. The first-order valence-corrected chi connectivity index (χ1v) is 6.96. The summed E-state index contributed by atoms with van der Waals surface area (Å²) < 4.78 is 0. The summed E-state index contributed by atoms with van der Waals surface area (Å²) in [4.78, 5) is 6.81. The van der Waals surface area contributed by atoms with Crippen LogP contribution in [0.25, 0.3) is 0 Å². The van der Waals surface area contributed by atoms with Gasteiger partial charge in [-0.05, 0) is 45.4 Å². The summed E-state index contributed by atoms with van der Waals surface area (Å²) in [6.07, 6.45) is 1.91. The SMILES string of the molecule is CCN(c1ccnc(CNCC(C)C)c1)C(C)C. The fourth-order valence-corrected chi connectivity index (χ4v) is 2.08. The molecule has 0 bridgehead atoms. The topological polar surface area (TPSA) is 28.2 Å². The van der Waals surface area contributed by atoms with E-state index in [0.29, 0.717) is 12.0 Å². The first-order valence-electron chi connectivity index (χ1n) is 6.96. The smallest absolute Gasteiger partial charge is 0.0562 e. The highest BCUT2D eigenvalue weighted by Crippen LogP contribution is 2.17. The molecule has 0 radical (unpaired) electrons. The Balaban J connectivity index is 2.66. The normalized spacial score (nSPS) is 11.3. The van der Waals surface area contributed by atoms with Crippen molar-refractivity contribution in [2.45, 2.75) is 47.2 Å². The van der Waals surface area contributed by atoms with E-state index in [-0.39, 0.29) is 0 Å². The summed E-state index contributed by atoms with van der Waals surface area (Å²) in [5.41, 5.74) is 2.39. The molecule has 0 atom stereocenters. The van der Waals surface area contributed by atoms with Gasteiger partial charge in [-0.1, -0.05) is 13.8 Å². The Morgan fingerprint density at radius 3 is 2.56 bits per heavy atom. The third-order valence-electron chi connectivity index (χ3n) is 2.95. The van der Waals surface area contributed by atoms with Crippen LogP contribution in [0.3, 0.4) is 0 Å². The molecule has 0 amide bonds. The molecule has 0 fully saturated rings. The van der Waals surface area contributed by atoms with Gasteiger partial charge in [0.1, 0.15) is 0 Å². The van der Waals surface area contributed by atoms with Gasteiger partial charge in [-0.3, -0.25) is 4.98 Å². The van der Waals surface area contributed by atoms with Crippen molar-refractivity contribution in [2.75, 3.05) is 18.0 Å². The van der Waals surface area contributed by atoms with Crippen molar-refractivity contribution < 1.29 is 0 Å². The average molecular weight is 249 g/mol. The van der Waals surface area contributed by atoms with Gasteiger partial charge in [0.25, 0.3) is 0 Å². The van der Waals surface area contributed by atoms with Crippen molar-refractivity contribution in [1.82, 2.24) is 10.3 Å². The average Bonchev–Trinajstić information content (AvgIpc) is 2.29. The highest BCUT2D eigenvalue weighted by molar-refractivity contribution is 5.47. The number of nitrogens with one attached hydrogen (secondary N) is 1. The van der Waals surface area contributed by atoms with Gasteiger partial charge in [0.05, 0.1) is 5.69 Å². The van der Waals surface area contributed by atoms with Crippen LogP contribution in [0.1, 0.15) is 40.3 Å². The van der Waals surface area contributed by atoms with Crippen molar-refractivity contribution >= 4 is 5.69 Å². The number of hydrogen-bond donors (Lipinski definition) is 1. The zero-order chi connectivity index (χ0) is 13.5. The fourth-order valence-electron chi connectivity index (χ4n) is 2.08. The maximum absolute atomic E-state index is 4.42. The molecule has 102 valence electrons. The summed E-state index contributed by atoms with van der Waals surface area (Å²) in [5.74, 6) is 0.677. The van der Waals surface area contributed by atoms with Crippen LogP contribution in [-0.4, -0.2) is 24.1 Å². The summed E-state index contributed by atoms with van der Waals surface area (Å²) in [7, 11) is 0. The predicted octanol–water partition coefficient (Wildman–Crippen LogP) is 3.06. The van der Waals surface area contributed by atoms with Gasteiger partial charge in [-0.2, -0.15) is 0 Å². The van der Waals surface area contributed by atoms with E-state index in [0.717, 1.165) is 25.3 Å². The molecule has 0 spiro atoms. The number of anilines is 1. The number of rotatable bonds is 7. The number of hydrogen-bond acceptors (Lipinski definition) is 3. The minimum Gasteiger partial charge on any atom is -0.369 e. The molecule has 1 aromatic heterocycles. The molecule has 0 aliphatic heterocycles. The number of aromatic nitrogens is 1. The van der Waals surface area contributed by atoms with Crippen molar-refractivity contribution in [3.8, 4) is 0 Å². The monoisotopic (exact) mass is 249 g/mol. The molecule has 1 heterocycles. The third-order valence-corrected chi connectivity index (χ3v) is 2.95. The number of pyridine rings is 1. The highest BCUT2D eigenvalue weighted by Gasteiger charge is 2.08. The zero-order valence-electron chi connectivity index (χ0n) is 12.4. The second-order valence-corrected chi connectivity index (χ2v) is 5.41. The van der Waals surface area contributed by atoms with Gasteiger partial charge in [0.15, 0.2) is 0 Å². The first kappa shape index (κ1) is 15.0. The highest BCUT2D eigenvalue weighted by atomic mass is 15.1. The van der Waals surface area contributed by atoms with Gasteiger partial charge in [0.2, 0.25) is 0 Å². The largest absolute Gasteiger partial charge is 0.369 e. The van der Waals surface area contributed by atoms with E-state index in [1.54, 1.807) is 0 Å². The summed E-state index contributed by atoms with van der Waals surface area (Å²) in [5, 5.41) is 3.43. The Hall–Kier alpha value is -1.09. The molecule has 1 rings (SSSR count). The lowest BCUT2D eigenvalue weighted by atomic mass is 10.2. The molecule has 0 saturated heterocycles. The van der Waals surface area contributed by atoms with Crippen LogP contribution in [-0.2, 0) is 6.54 Å². The lowest BCUT2D eigenvalue weighted by Crippen LogP contribution is -2.30. The Morgan fingerprint density at radius 2 is 2.00 bits per heavy atom. The second kappa shape index (κ2) is 7.37. The van der Waals surface area contributed by atoms with Crippen LogP contribution in [0.5, 0.6) is 0 Å². The van der Waals surface area contributed by atoms with Crippen LogP contribution in [0.4, 0.5) is 5.69 Å². The van der Waals surface area contributed by atoms with Gasteiger partial charge in [-0.15, -0.1) is 0 Å². The summed E-state index contributed by atoms with van der Waals surface area (Å²) in [6.45, 7) is 14.0. The van der Waals surface area contributed by atoms with E-state index in [1.807, 2.05) is 6.20 Å². The van der Waals surface area contributed by atoms with Crippen LogP contribution >= 0.6 is 0 Å². The minimum absolute atomic E-state index is 0.522. The van der Waals surface area contributed by atoms with E-state index in [4.69, 9.17) is 0 Å². The van der Waals surface area contributed by atoms with E-state index in [9.17, 15) is 0 Å². The summed E-state index contributed by atoms with van der Waals surface area (Å²) >= 11 is 0. The molecule has 3 nitrogen and oxygen atoms in total. The van der Waals surface area contributed by atoms with Crippen molar-refractivity contribution in [1.29, 1.82) is 0 Å². The molecule has 18 heavy (non-hydrogen) atoms. The van der Waals surface area contributed by atoms with E-state index < -0.39 is 0 Å².